The number of Topliss-reactive ketones (excluding diaryl/α,β-unsaturated/α-hetero) is 1. The summed E-state index contributed by atoms with van der Waals surface area (Å²) in [7, 11) is 1.12. The van der Waals surface area contributed by atoms with Crippen LogP contribution in [-0.2, 0) is 15.8 Å². The number of likely N-dealkylation sites (N-methyl/N-ethyl adjacent to an activating group) is 1. The van der Waals surface area contributed by atoms with Gasteiger partial charge in [0.2, 0.25) is 11.7 Å². The number of amides is 1. The molecule has 0 bridgehead atoms. The quantitative estimate of drug-likeness (QED) is 0.323. The van der Waals surface area contributed by atoms with E-state index in [1.165, 1.54) is 18.2 Å². The van der Waals surface area contributed by atoms with Crippen molar-refractivity contribution in [2.24, 2.45) is 0 Å². The minimum Gasteiger partial charge on any atom is -0.476 e. The fourth-order valence-corrected chi connectivity index (χ4v) is 2.73. The smallest absolute Gasteiger partial charge is 0.417 e. The molecule has 0 saturated carbocycles. The number of carbonyl (C=O) groups excluding carboxylic acids is 2. The molecule has 14 heteroatoms. The van der Waals surface area contributed by atoms with E-state index in [9.17, 15) is 38.1 Å². The van der Waals surface area contributed by atoms with Crippen molar-refractivity contribution in [3.8, 4) is 17.7 Å². The summed E-state index contributed by atoms with van der Waals surface area (Å²) >= 11 is 5.72. The summed E-state index contributed by atoms with van der Waals surface area (Å²) in [5.74, 6) is -3.25. The van der Waals surface area contributed by atoms with Gasteiger partial charge in [-0.2, -0.15) is 18.4 Å². The number of hydrogen-bond donors (Lipinski definition) is 1. The lowest BCUT2D eigenvalue weighted by molar-refractivity contribution is -0.386. The number of nitrogens with zero attached hydrogens (tertiary/aromatic N) is 3. The highest BCUT2D eigenvalue weighted by molar-refractivity contribution is 6.31. The lowest BCUT2D eigenvalue weighted by atomic mass is 9.96. The number of ether oxygens (including phenoxy) is 2. The van der Waals surface area contributed by atoms with Crippen LogP contribution in [0.5, 0.6) is 11.6 Å². The van der Waals surface area contributed by atoms with Gasteiger partial charge >= 0.3 is 17.5 Å². The van der Waals surface area contributed by atoms with Gasteiger partial charge in [0.15, 0.2) is 5.75 Å². The second kappa shape index (κ2) is 10.1. The number of nitro groups is 1. The van der Waals surface area contributed by atoms with Gasteiger partial charge in [0.25, 0.3) is 5.91 Å². The molecule has 0 spiro atoms. The third kappa shape index (κ3) is 5.66. The van der Waals surface area contributed by atoms with Gasteiger partial charge in [-0.3, -0.25) is 19.7 Å². The van der Waals surface area contributed by atoms with Gasteiger partial charge in [-0.1, -0.05) is 23.7 Å². The van der Waals surface area contributed by atoms with Crippen LogP contribution in [-0.4, -0.2) is 40.9 Å². The second-order valence-electron chi connectivity index (χ2n) is 6.23. The van der Waals surface area contributed by atoms with Crippen LogP contribution in [0.3, 0.4) is 0 Å². The standard InChI is InChI=1S/C19H14ClF3N4O6/c1-25-17(29)18(10-24,33-14-5-3-2-4-13(14)27(30)31)15(28)6-7-32-16-12(20)8-11(9-26-16)19(21,22)23/h2-5,8-9H,6-7H2,1H3,(H,25,29). The molecule has 1 amide bonds. The first-order valence-electron chi connectivity index (χ1n) is 8.91. The Labute approximate surface area is 189 Å². The molecular formula is C19H14ClF3N4O6. The number of carbonyl (C=O) groups is 2. The first kappa shape index (κ1) is 25.3. The molecule has 1 unspecified atom stereocenters. The lowest BCUT2D eigenvalue weighted by Crippen LogP contribution is -2.55. The zero-order valence-electron chi connectivity index (χ0n) is 16.7. The number of nitriles is 1. The van der Waals surface area contributed by atoms with E-state index in [1.807, 2.05) is 0 Å². The van der Waals surface area contributed by atoms with Crippen molar-refractivity contribution in [2.75, 3.05) is 13.7 Å². The number of pyridine rings is 1. The zero-order chi connectivity index (χ0) is 24.8. The minimum atomic E-state index is -4.68. The summed E-state index contributed by atoms with van der Waals surface area (Å²) < 4.78 is 48.4. The number of aromatic nitrogens is 1. The number of benzene rings is 1. The average Bonchev–Trinajstić information content (AvgIpc) is 2.77. The number of ketones is 1. The van der Waals surface area contributed by atoms with E-state index < -0.39 is 69.3 Å². The largest absolute Gasteiger partial charge is 0.476 e. The molecule has 1 heterocycles. The van der Waals surface area contributed by atoms with Crippen LogP contribution < -0.4 is 14.8 Å². The number of alkyl halides is 3. The summed E-state index contributed by atoms with van der Waals surface area (Å²) in [6, 6.07) is 6.81. The molecule has 1 N–H and O–H groups in total. The Kier molecular flexibility index (Phi) is 7.78. The van der Waals surface area contributed by atoms with E-state index in [-0.39, 0.29) is 0 Å². The molecule has 10 nitrogen and oxygen atoms in total. The molecule has 0 aliphatic heterocycles. The normalized spacial score (nSPS) is 12.7. The maximum absolute atomic E-state index is 12.8. The molecule has 174 valence electrons. The molecule has 0 saturated heterocycles. The fourth-order valence-electron chi connectivity index (χ4n) is 2.50. The third-order valence-corrected chi connectivity index (χ3v) is 4.40. The highest BCUT2D eigenvalue weighted by atomic mass is 35.5. The van der Waals surface area contributed by atoms with Gasteiger partial charge in [-0.05, 0) is 12.1 Å². The topological polar surface area (TPSA) is 144 Å². The van der Waals surface area contributed by atoms with Gasteiger partial charge < -0.3 is 14.8 Å². The van der Waals surface area contributed by atoms with Crippen molar-refractivity contribution in [1.29, 1.82) is 5.26 Å². The molecule has 1 aromatic heterocycles. The predicted octanol–water partition coefficient (Wildman–Crippen LogP) is 3.09. The van der Waals surface area contributed by atoms with Crippen molar-refractivity contribution in [1.82, 2.24) is 10.3 Å². The van der Waals surface area contributed by atoms with Gasteiger partial charge in [0.1, 0.15) is 11.1 Å². The number of nitrogens with one attached hydrogen (secondary N) is 1. The molecule has 0 aliphatic rings. The van der Waals surface area contributed by atoms with E-state index in [0.717, 1.165) is 19.2 Å². The first-order chi connectivity index (χ1) is 15.5. The molecule has 2 rings (SSSR count). The Morgan fingerprint density at radius 2 is 2.00 bits per heavy atom. The Balaban J connectivity index is 2.23. The van der Waals surface area contributed by atoms with Crippen LogP contribution in [0.2, 0.25) is 5.02 Å². The summed E-state index contributed by atoms with van der Waals surface area (Å²) in [5.41, 5.74) is -4.51. The molecule has 1 aromatic carbocycles. The van der Waals surface area contributed by atoms with Crippen molar-refractivity contribution in [3.63, 3.8) is 0 Å². The summed E-state index contributed by atoms with van der Waals surface area (Å²) in [4.78, 5) is 39.0. The molecule has 33 heavy (non-hydrogen) atoms. The maximum Gasteiger partial charge on any atom is 0.417 e. The Hall–Kier alpha value is -3.92. The average molecular weight is 487 g/mol. The van der Waals surface area contributed by atoms with Crippen LogP contribution in [0.15, 0.2) is 36.5 Å². The molecule has 0 radical (unpaired) electrons. The molecule has 2 aromatic rings. The van der Waals surface area contributed by atoms with Crippen molar-refractivity contribution >= 4 is 29.0 Å². The molecule has 1 atom stereocenters. The van der Waals surface area contributed by atoms with E-state index in [4.69, 9.17) is 21.1 Å². The minimum absolute atomic E-state index is 0.417. The Morgan fingerprint density at radius 3 is 2.55 bits per heavy atom. The van der Waals surface area contributed by atoms with Crippen LogP contribution in [0.25, 0.3) is 0 Å². The number of para-hydroxylation sites is 2. The summed E-state index contributed by atoms with van der Waals surface area (Å²) in [6.07, 6.45) is -4.85. The molecule has 0 fully saturated rings. The number of hydrogen-bond acceptors (Lipinski definition) is 8. The fraction of sp³-hybridized carbons (Fsp3) is 0.263. The first-order valence-corrected chi connectivity index (χ1v) is 9.28. The van der Waals surface area contributed by atoms with Gasteiger partial charge in [0.05, 0.1) is 17.1 Å². The van der Waals surface area contributed by atoms with Crippen LogP contribution in [0.4, 0.5) is 18.9 Å². The zero-order valence-corrected chi connectivity index (χ0v) is 17.4. The van der Waals surface area contributed by atoms with E-state index in [1.54, 1.807) is 0 Å². The van der Waals surface area contributed by atoms with Crippen molar-refractivity contribution < 1.29 is 37.2 Å². The Bertz CT molecular complexity index is 1120. The SMILES string of the molecule is CNC(=O)C(C#N)(Oc1ccccc1[N+](=O)[O-])C(=O)CCOc1ncc(C(F)(F)F)cc1Cl. The second-order valence-corrected chi connectivity index (χ2v) is 6.64. The molecular weight excluding hydrogens is 473 g/mol. The van der Waals surface area contributed by atoms with E-state index in [2.05, 4.69) is 10.3 Å². The molecule has 0 aliphatic carbocycles. The van der Waals surface area contributed by atoms with Gasteiger partial charge in [0, 0.05) is 25.7 Å². The highest BCUT2D eigenvalue weighted by Crippen LogP contribution is 2.33. The monoisotopic (exact) mass is 486 g/mol. The van der Waals surface area contributed by atoms with Crippen molar-refractivity contribution in [3.05, 3.63) is 57.2 Å². The van der Waals surface area contributed by atoms with Crippen LogP contribution >= 0.6 is 11.6 Å². The van der Waals surface area contributed by atoms with Crippen LogP contribution in [0, 0.1) is 21.4 Å². The highest BCUT2D eigenvalue weighted by Gasteiger charge is 2.49. The number of rotatable bonds is 9. The number of halogens is 4. The number of nitro benzene ring substituents is 1. The maximum atomic E-state index is 12.8. The van der Waals surface area contributed by atoms with Crippen LogP contribution in [0.1, 0.15) is 12.0 Å². The summed E-state index contributed by atoms with van der Waals surface area (Å²) in [6.45, 7) is -0.544. The lowest BCUT2D eigenvalue weighted by Gasteiger charge is -2.24. The summed E-state index contributed by atoms with van der Waals surface area (Å²) in [5, 5.41) is 22.4. The van der Waals surface area contributed by atoms with E-state index in [0.29, 0.717) is 12.3 Å². The van der Waals surface area contributed by atoms with Crippen molar-refractivity contribution in [2.45, 2.75) is 18.2 Å². The van der Waals surface area contributed by atoms with E-state index >= 15 is 0 Å². The Morgan fingerprint density at radius 1 is 1.33 bits per heavy atom. The van der Waals surface area contributed by atoms with Gasteiger partial charge in [-0.15, -0.1) is 0 Å². The predicted molar refractivity (Wildman–Crippen MR) is 106 cm³/mol. The third-order valence-electron chi connectivity index (χ3n) is 4.12. The van der Waals surface area contributed by atoms with Gasteiger partial charge in [-0.25, -0.2) is 4.98 Å².